The fourth-order valence-electron chi connectivity index (χ4n) is 4.33. The van der Waals surface area contributed by atoms with Gasteiger partial charge < -0.3 is 5.11 Å². The van der Waals surface area contributed by atoms with Crippen molar-refractivity contribution in [2.45, 2.75) is 71.6 Å². The van der Waals surface area contributed by atoms with Crippen molar-refractivity contribution in [1.82, 2.24) is 0 Å². The lowest BCUT2D eigenvalue weighted by Crippen LogP contribution is -2.43. The smallest absolute Gasteiger partial charge is 0.309 e. The highest BCUT2D eigenvalue weighted by atomic mass is 16.4. The van der Waals surface area contributed by atoms with Crippen molar-refractivity contribution in [1.29, 1.82) is 0 Å². The lowest BCUT2D eigenvalue weighted by molar-refractivity contribution is -0.158. The summed E-state index contributed by atoms with van der Waals surface area (Å²) in [7, 11) is 0. The average Bonchev–Trinajstić information content (AvgIpc) is 2.38. The zero-order valence-electron chi connectivity index (χ0n) is 12.0. The molecule has 0 bridgehead atoms. The lowest BCUT2D eigenvalue weighted by Gasteiger charge is -2.45. The fraction of sp³-hybridized carbons (Fsp3) is 0.938. The third-order valence-corrected chi connectivity index (χ3v) is 5.72. The third kappa shape index (κ3) is 2.57. The number of hydrogen-bond acceptors (Lipinski definition) is 1. The van der Waals surface area contributed by atoms with E-state index < -0.39 is 5.97 Å². The van der Waals surface area contributed by atoms with Crippen LogP contribution < -0.4 is 0 Å². The minimum atomic E-state index is -0.504. The molecule has 2 saturated carbocycles. The minimum Gasteiger partial charge on any atom is -0.481 e. The van der Waals surface area contributed by atoms with Gasteiger partial charge in [-0.3, -0.25) is 4.79 Å². The Hall–Kier alpha value is -0.530. The van der Waals surface area contributed by atoms with Gasteiger partial charge in [-0.2, -0.15) is 0 Å². The molecular formula is C16H28O2. The normalized spacial score (nSPS) is 41.6. The quantitative estimate of drug-likeness (QED) is 0.804. The Labute approximate surface area is 111 Å². The Morgan fingerprint density at radius 1 is 1.22 bits per heavy atom. The summed E-state index contributed by atoms with van der Waals surface area (Å²) in [6, 6.07) is 0. The zero-order valence-corrected chi connectivity index (χ0v) is 12.0. The van der Waals surface area contributed by atoms with Crippen LogP contribution in [0, 0.1) is 23.2 Å². The molecular weight excluding hydrogens is 224 g/mol. The van der Waals surface area contributed by atoms with E-state index in [0.717, 1.165) is 50.4 Å². The molecule has 0 aromatic carbocycles. The van der Waals surface area contributed by atoms with Crippen LogP contribution in [-0.4, -0.2) is 11.1 Å². The van der Waals surface area contributed by atoms with Gasteiger partial charge in [-0.05, 0) is 56.3 Å². The highest BCUT2D eigenvalue weighted by Gasteiger charge is 2.48. The first-order chi connectivity index (χ1) is 8.58. The fourth-order valence-corrected chi connectivity index (χ4v) is 4.33. The van der Waals surface area contributed by atoms with Gasteiger partial charge in [0.2, 0.25) is 0 Å². The first-order valence-electron chi connectivity index (χ1n) is 7.82. The number of hydrogen-bond donors (Lipinski definition) is 1. The van der Waals surface area contributed by atoms with Crippen LogP contribution in [0.3, 0.4) is 0 Å². The third-order valence-electron chi connectivity index (χ3n) is 5.72. The van der Waals surface area contributed by atoms with E-state index in [1.807, 2.05) is 0 Å². The molecule has 0 saturated heterocycles. The second-order valence-corrected chi connectivity index (χ2v) is 6.78. The molecule has 2 rings (SSSR count). The van der Waals surface area contributed by atoms with E-state index in [-0.39, 0.29) is 5.41 Å². The van der Waals surface area contributed by atoms with E-state index in [9.17, 15) is 9.90 Å². The molecule has 18 heavy (non-hydrogen) atoms. The molecule has 0 spiro atoms. The Morgan fingerprint density at radius 3 is 2.39 bits per heavy atom. The number of carbonyl (C=O) groups is 1. The minimum absolute atomic E-state index is 0.375. The molecule has 1 N–H and O–H groups in total. The van der Waals surface area contributed by atoms with Crippen molar-refractivity contribution < 1.29 is 9.90 Å². The largest absolute Gasteiger partial charge is 0.481 e. The monoisotopic (exact) mass is 252 g/mol. The maximum Gasteiger partial charge on any atom is 0.309 e. The summed E-state index contributed by atoms with van der Waals surface area (Å²) in [5.74, 6) is 1.44. The molecule has 104 valence electrons. The van der Waals surface area contributed by atoms with Gasteiger partial charge in [-0.1, -0.05) is 33.1 Å². The molecule has 2 nitrogen and oxygen atoms in total. The Balaban J connectivity index is 2.10. The molecule has 2 unspecified atom stereocenters. The standard InChI is InChI=1S/C16H28O2/c1-3-13-7-9-16(10-8-13,15(17)18)14-6-4-5-12(2)11-14/h12-14H,3-11H2,1-2H3,(H,17,18). The van der Waals surface area contributed by atoms with Gasteiger partial charge in [0.05, 0.1) is 5.41 Å². The number of aliphatic carboxylic acids is 1. The molecule has 2 heteroatoms. The molecule has 0 aromatic heterocycles. The molecule has 2 atom stereocenters. The van der Waals surface area contributed by atoms with Crippen molar-refractivity contribution in [2.24, 2.45) is 23.2 Å². The van der Waals surface area contributed by atoms with Gasteiger partial charge in [-0.15, -0.1) is 0 Å². The zero-order chi connectivity index (χ0) is 13.2. The molecule has 2 fully saturated rings. The predicted octanol–water partition coefficient (Wildman–Crippen LogP) is 4.48. The van der Waals surface area contributed by atoms with Crippen molar-refractivity contribution in [3.8, 4) is 0 Å². The van der Waals surface area contributed by atoms with E-state index in [4.69, 9.17) is 0 Å². The second-order valence-electron chi connectivity index (χ2n) is 6.78. The van der Waals surface area contributed by atoms with Gasteiger partial charge in [-0.25, -0.2) is 0 Å². The summed E-state index contributed by atoms with van der Waals surface area (Å²) in [5.41, 5.74) is -0.375. The van der Waals surface area contributed by atoms with Crippen LogP contribution in [-0.2, 0) is 4.79 Å². The second kappa shape index (κ2) is 5.63. The first kappa shape index (κ1) is 13.9. The van der Waals surface area contributed by atoms with Crippen LogP contribution in [0.1, 0.15) is 71.6 Å². The maximum atomic E-state index is 11.9. The van der Waals surface area contributed by atoms with E-state index in [0.29, 0.717) is 5.92 Å². The maximum absolute atomic E-state index is 11.9. The molecule has 0 heterocycles. The number of carboxylic acid groups (broad SMARTS) is 1. The van der Waals surface area contributed by atoms with Crippen molar-refractivity contribution >= 4 is 5.97 Å². The Morgan fingerprint density at radius 2 is 1.89 bits per heavy atom. The number of rotatable bonds is 3. The summed E-state index contributed by atoms with van der Waals surface area (Å²) >= 11 is 0. The van der Waals surface area contributed by atoms with Crippen LogP contribution in [0.4, 0.5) is 0 Å². The van der Waals surface area contributed by atoms with Crippen LogP contribution >= 0.6 is 0 Å². The van der Waals surface area contributed by atoms with Crippen LogP contribution in [0.25, 0.3) is 0 Å². The topological polar surface area (TPSA) is 37.3 Å². The molecule has 2 aliphatic carbocycles. The van der Waals surface area contributed by atoms with Gasteiger partial charge >= 0.3 is 5.97 Å². The molecule has 0 radical (unpaired) electrons. The van der Waals surface area contributed by atoms with Crippen molar-refractivity contribution in [3.05, 3.63) is 0 Å². The van der Waals surface area contributed by atoms with Crippen molar-refractivity contribution in [2.75, 3.05) is 0 Å². The highest BCUT2D eigenvalue weighted by molar-refractivity contribution is 5.75. The van der Waals surface area contributed by atoms with Crippen LogP contribution in [0.15, 0.2) is 0 Å². The first-order valence-corrected chi connectivity index (χ1v) is 7.82. The molecule has 0 amide bonds. The summed E-state index contributed by atoms with van der Waals surface area (Å²) < 4.78 is 0. The number of carboxylic acids is 1. The van der Waals surface area contributed by atoms with Crippen molar-refractivity contribution in [3.63, 3.8) is 0 Å². The molecule has 0 aromatic rings. The average molecular weight is 252 g/mol. The summed E-state index contributed by atoms with van der Waals surface area (Å²) in [6.45, 7) is 4.53. The summed E-state index contributed by atoms with van der Waals surface area (Å²) in [6.07, 6.45) is 10.2. The van der Waals surface area contributed by atoms with Crippen LogP contribution in [0.2, 0.25) is 0 Å². The van der Waals surface area contributed by atoms with Gasteiger partial charge in [0, 0.05) is 0 Å². The predicted molar refractivity (Wildman–Crippen MR) is 73.4 cm³/mol. The van der Waals surface area contributed by atoms with E-state index in [1.165, 1.54) is 19.3 Å². The Bertz CT molecular complexity index is 289. The van der Waals surface area contributed by atoms with Crippen LogP contribution in [0.5, 0.6) is 0 Å². The highest BCUT2D eigenvalue weighted by Crippen LogP contribution is 2.51. The summed E-state index contributed by atoms with van der Waals surface area (Å²) in [5, 5.41) is 9.79. The SMILES string of the molecule is CCC1CCC(C(=O)O)(C2CCCC(C)C2)CC1. The van der Waals surface area contributed by atoms with Gasteiger partial charge in [0.25, 0.3) is 0 Å². The van der Waals surface area contributed by atoms with Gasteiger partial charge in [0.15, 0.2) is 0 Å². The molecule has 2 aliphatic rings. The molecule has 0 aliphatic heterocycles. The van der Waals surface area contributed by atoms with E-state index in [2.05, 4.69) is 13.8 Å². The van der Waals surface area contributed by atoms with Gasteiger partial charge in [0.1, 0.15) is 0 Å². The Kier molecular flexibility index (Phi) is 4.34. The summed E-state index contributed by atoms with van der Waals surface area (Å²) in [4.78, 5) is 11.9. The van der Waals surface area contributed by atoms with E-state index >= 15 is 0 Å². The lowest BCUT2D eigenvalue weighted by atomic mass is 9.59. The van der Waals surface area contributed by atoms with E-state index in [1.54, 1.807) is 0 Å².